The molecule has 0 atom stereocenters. The lowest BCUT2D eigenvalue weighted by molar-refractivity contribution is 1.05. The van der Waals surface area contributed by atoms with Gasteiger partial charge < -0.3 is 5.32 Å². The summed E-state index contributed by atoms with van der Waals surface area (Å²) in [4.78, 5) is 7.98. The number of rotatable bonds is 0. The third-order valence-corrected chi connectivity index (χ3v) is 2.02. The minimum Gasteiger partial charge on any atom is -0.369 e. The van der Waals surface area contributed by atoms with Gasteiger partial charge in [0.05, 0.1) is 5.56 Å². The molecule has 1 aromatic heterocycles. The highest BCUT2D eigenvalue weighted by atomic mass is 35.5. The van der Waals surface area contributed by atoms with E-state index in [2.05, 4.69) is 21.4 Å². The number of fused-ring (bicyclic) bond motifs is 1. The van der Waals surface area contributed by atoms with Crippen LogP contribution in [0.1, 0.15) is 12.0 Å². The van der Waals surface area contributed by atoms with Crippen molar-refractivity contribution in [2.75, 3.05) is 11.9 Å². The standard InChI is InChI=1S/C8H8ClN3/c9-7-6-3-1-2-4-10-8(6)12-5-11-7/h1,3,5H,2,4H2,(H,10,11,12). The summed E-state index contributed by atoms with van der Waals surface area (Å²) in [6, 6.07) is 0. The summed E-state index contributed by atoms with van der Waals surface area (Å²) in [5.74, 6) is 0.823. The second kappa shape index (κ2) is 3.11. The van der Waals surface area contributed by atoms with Gasteiger partial charge in [0.1, 0.15) is 17.3 Å². The van der Waals surface area contributed by atoms with Gasteiger partial charge in [0.2, 0.25) is 0 Å². The topological polar surface area (TPSA) is 37.8 Å². The first kappa shape index (κ1) is 7.55. The number of hydrogen-bond acceptors (Lipinski definition) is 3. The van der Waals surface area contributed by atoms with Crippen LogP contribution in [0.25, 0.3) is 6.08 Å². The van der Waals surface area contributed by atoms with E-state index < -0.39 is 0 Å². The Hall–Kier alpha value is -1.09. The number of aromatic nitrogens is 2. The van der Waals surface area contributed by atoms with E-state index in [0.717, 1.165) is 24.3 Å². The molecule has 3 nitrogen and oxygen atoms in total. The van der Waals surface area contributed by atoms with Gasteiger partial charge >= 0.3 is 0 Å². The van der Waals surface area contributed by atoms with Gasteiger partial charge in [-0.2, -0.15) is 0 Å². The van der Waals surface area contributed by atoms with E-state index in [-0.39, 0.29) is 0 Å². The Morgan fingerprint density at radius 3 is 3.25 bits per heavy atom. The number of hydrogen-bond donors (Lipinski definition) is 1. The summed E-state index contributed by atoms with van der Waals surface area (Å²) < 4.78 is 0. The van der Waals surface area contributed by atoms with Gasteiger partial charge in [0, 0.05) is 6.54 Å². The Morgan fingerprint density at radius 2 is 2.33 bits per heavy atom. The number of anilines is 1. The van der Waals surface area contributed by atoms with Crippen LogP contribution in [0, 0.1) is 0 Å². The number of nitrogens with one attached hydrogen (secondary N) is 1. The predicted molar refractivity (Wildman–Crippen MR) is 49.2 cm³/mol. The molecule has 1 aliphatic heterocycles. The molecule has 0 spiro atoms. The van der Waals surface area contributed by atoms with Crippen LogP contribution >= 0.6 is 11.6 Å². The van der Waals surface area contributed by atoms with E-state index in [1.165, 1.54) is 6.33 Å². The third-order valence-electron chi connectivity index (χ3n) is 1.72. The van der Waals surface area contributed by atoms with Crippen molar-refractivity contribution in [1.29, 1.82) is 0 Å². The highest BCUT2D eigenvalue weighted by Crippen LogP contribution is 2.22. The highest BCUT2D eigenvalue weighted by molar-refractivity contribution is 6.31. The molecular weight excluding hydrogens is 174 g/mol. The van der Waals surface area contributed by atoms with Gasteiger partial charge in [-0.3, -0.25) is 0 Å². The Labute approximate surface area is 75.5 Å². The van der Waals surface area contributed by atoms with Crippen molar-refractivity contribution in [2.24, 2.45) is 0 Å². The average molecular weight is 182 g/mol. The first-order valence-electron chi connectivity index (χ1n) is 3.79. The molecule has 1 aromatic rings. The van der Waals surface area contributed by atoms with E-state index in [1.807, 2.05) is 6.08 Å². The minimum atomic E-state index is 0.505. The zero-order valence-corrected chi connectivity index (χ0v) is 7.17. The normalized spacial score (nSPS) is 14.8. The average Bonchev–Trinajstić information content (AvgIpc) is 2.30. The fourth-order valence-corrected chi connectivity index (χ4v) is 1.33. The Bertz CT molecular complexity index is 322. The second-order valence-electron chi connectivity index (χ2n) is 2.54. The van der Waals surface area contributed by atoms with E-state index >= 15 is 0 Å². The number of nitrogens with zero attached hydrogens (tertiary/aromatic N) is 2. The Kier molecular flexibility index (Phi) is 1.96. The van der Waals surface area contributed by atoms with Crippen LogP contribution in [0.4, 0.5) is 5.82 Å². The summed E-state index contributed by atoms with van der Waals surface area (Å²) in [7, 11) is 0. The van der Waals surface area contributed by atoms with Gasteiger partial charge in [-0.05, 0) is 6.42 Å². The van der Waals surface area contributed by atoms with Crippen LogP contribution in [-0.2, 0) is 0 Å². The fourth-order valence-electron chi connectivity index (χ4n) is 1.14. The quantitative estimate of drug-likeness (QED) is 0.622. The van der Waals surface area contributed by atoms with Crippen molar-refractivity contribution < 1.29 is 0 Å². The van der Waals surface area contributed by atoms with Gasteiger partial charge in [-0.15, -0.1) is 0 Å². The van der Waals surface area contributed by atoms with Crippen molar-refractivity contribution in [1.82, 2.24) is 9.97 Å². The molecule has 0 aliphatic carbocycles. The van der Waals surface area contributed by atoms with Crippen LogP contribution in [0.5, 0.6) is 0 Å². The molecule has 2 heterocycles. The fraction of sp³-hybridized carbons (Fsp3) is 0.250. The lowest BCUT2D eigenvalue weighted by Crippen LogP contribution is -2.02. The predicted octanol–water partition coefficient (Wildman–Crippen LogP) is 1.96. The summed E-state index contributed by atoms with van der Waals surface area (Å²) >= 11 is 5.87. The molecule has 0 saturated heterocycles. The molecule has 12 heavy (non-hydrogen) atoms. The largest absolute Gasteiger partial charge is 0.369 e. The summed E-state index contributed by atoms with van der Waals surface area (Å²) in [6.45, 7) is 0.900. The lowest BCUT2D eigenvalue weighted by atomic mass is 10.3. The first-order valence-corrected chi connectivity index (χ1v) is 4.16. The monoisotopic (exact) mass is 181 g/mol. The van der Waals surface area contributed by atoms with Crippen LogP contribution in [0.2, 0.25) is 5.15 Å². The summed E-state index contributed by atoms with van der Waals surface area (Å²) in [5, 5.41) is 3.67. The first-order chi connectivity index (χ1) is 5.88. The zero-order chi connectivity index (χ0) is 8.39. The van der Waals surface area contributed by atoms with Crippen molar-refractivity contribution >= 4 is 23.5 Å². The Balaban J connectivity index is 2.53. The van der Waals surface area contributed by atoms with Gasteiger partial charge in [0.15, 0.2) is 0 Å². The van der Waals surface area contributed by atoms with Crippen molar-refractivity contribution in [2.45, 2.75) is 6.42 Å². The molecule has 0 fully saturated rings. The zero-order valence-electron chi connectivity index (χ0n) is 6.42. The van der Waals surface area contributed by atoms with Gasteiger partial charge in [-0.25, -0.2) is 9.97 Å². The SMILES string of the molecule is Clc1ncnc2c1C=CCCN2. The molecule has 1 N–H and O–H groups in total. The molecule has 0 radical (unpaired) electrons. The summed E-state index contributed by atoms with van der Waals surface area (Å²) in [6.07, 6.45) is 6.48. The highest BCUT2D eigenvalue weighted by Gasteiger charge is 2.07. The van der Waals surface area contributed by atoms with Crippen molar-refractivity contribution in [3.05, 3.63) is 23.1 Å². The maximum Gasteiger partial charge on any atom is 0.141 e. The number of halogens is 1. The van der Waals surface area contributed by atoms with Crippen LogP contribution in [-0.4, -0.2) is 16.5 Å². The molecule has 0 unspecified atom stereocenters. The molecule has 0 amide bonds. The van der Waals surface area contributed by atoms with E-state index in [4.69, 9.17) is 11.6 Å². The molecular formula is C8H8ClN3. The lowest BCUT2D eigenvalue weighted by Gasteiger charge is -2.04. The van der Waals surface area contributed by atoms with Gasteiger partial charge in [0.25, 0.3) is 0 Å². The molecule has 62 valence electrons. The minimum absolute atomic E-state index is 0.505. The van der Waals surface area contributed by atoms with Crippen LogP contribution in [0.3, 0.4) is 0 Å². The van der Waals surface area contributed by atoms with Crippen LogP contribution < -0.4 is 5.32 Å². The molecule has 4 heteroatoms. The Morgan fingerprint density at radius 1 is 1.42 bits per heavy atom. The second-order valence-corrected chi connectivity index (χ2v) is 2.90. The summed E-state index contributed by atoms with van der Waals surface area (Å²) in [5.41, 5.74) is 0.886. The molecule has 0 bridgehead atoms. The molecule has 1 aliphatic rings. The maximum atomic E-state index is 5.87. The third kappa shape index (κ3) is 1.28. The molecule has 0 aromatic carbocycles. The van der Waals surface area contributed by atoms with Gasteiger partial charge in [-0.1, -0.05) is 23.8 Å². The van der Waals surface area contributed by atoms with E-state index in [9.17, 15) is 0 Å². The van der Waals surface area contributed by atoms with Crippen LogP contribution in [0.15, 0.2) is 12.4 Å². The van der Waals surface area contributed by atoms with E-state index in [0.29, 0.717) is 5.15 Å². The van der Waals surface area contributed by atoms with E-state index in [1.54, 1.807) is 0 Å². The molecule has 0 saturated carbocycles. The maximum absolute atomic E-state index is 5.87. The molecule has 2 rings (SSSR count). The van der Waals surface area contributed by atoms with Crippen molar-refractivity contribution in [3.8, 4) is 0 Å². The smallest absolute Gasteiger partial charge is 0.141 e. The van der Waals surface area contributed by atoms with Crippen molar-refractivity contribution in [3.63, 3.8) is 0 Å².